The zero-order valence-electron chi connectivity index (χ0n) is 12.5. The zero-order chi connectivity index (χ0) is 14.5. The van der Waals surface area contributed by atoms with Gasteiger partial charge >= 0.3 is 6.03 Å². The van der Waals surface area contributed by atoms with Gasteiger partial charge < -0.3 is 10.6 Å². The fraction of sp³-hybridized carbons (Fsp3) is 0.857. The molecule has 2 fully saturated rings. The van der Waals surface area contributed by atoms with Gasteiger partial charge in [0.2, 0.25) is 5.91 Å². The Balaban J connectivity index is 1.88. The Bertz CT molecular complexity index is 353. The van der Waals surface area contributed by atoms with E-state index in [4.69, 9.17) is 0 Å². The molecule has 0 spiro atoms. The van der Waals surface area contributed by atoms with Crippen molar-refractivity contribution in [2.24, 2.45) is 5.92 Å². The Hall–Kier alpha value is -1.14. The molecule has 2 N–H and O–H groups in total. The normalized spacial score (nSPS) is 22.9. The van der Waals surface area contributed by atoms with Gasteiger partial charge in [-0.2, -0.15) is 0 Å². The van der Waals surface area contributed by atoms with Gasteiger partial charge in [-0.1, -0.05) is 13.8 Å². The van der Waals surface area contributed by atoms with Crippen LogP contribution in [0.25, 0.3) is 0 Å². The first-order valence-electron chi connectivity index (χ1n) is 7.60. The molecule has 0 radical (unpaired) electrons. The third-order valence-electron chi connectivity index (χ3n) is 3.78. The van der Waals surface area contributed by atoms with Crippen LogP contribution in [-0.4, -0.2) is 67.0 Å². The number of urea groups is 1. The summed E-state index contributed by atoms with van der Waals surface area (Å²) in [5.74, 6) is 0.426. The Kier molecular flexibility index (Phi) is 5.37. The van der Waals surface area contributed by atoms with Crippen LogP contribution in [0.1, 0.15) is 26.7 Å². The Labute approximate surface area is 120 Å². The number of nitrogens with one attached hydrogen (secondary N) is 2. The molecule has 0 aromatic carbocycles. The average Bonchev–Trinajstić information content (AvgIpc) is 2.99. The SMILES string of the molecule is CC(C)CN(CC(=O)N1CCNC1=O)CC1CCCN1. The maximum absolute atomic E-state index is 12.2. The first-order valence-corrected chi connectivity index (χ1v) is 7.60. The van der Waals surface area contributed by atoms with Crippen LogP contribution < -0.4 is 10.6 Å². The third-order valence-corrected chi connectivity index (χ3v) is 3.78. The van der Waals surface area contributed by atoms with Crippen LogP contribution in [0.3, 0.4) is 0 Å². The van der Waals surface area contributed by atoms with E-state index >= 15 is 0 Å². The van der Waals surface area contributed by atoms with Gasteiger partial charge in [0.25, 0.3) is 0 Å². The van der Waals surface area contributed by atoms with Crippen LogP contribution in [0.2, 0.25) is 0 Å². The molecular formula is C14H26N4O2. The zero-order valence-corrected chi connectivity index (χ0v) is 12.5. The maximum atomic E-state index is 12.2. The number of nitrogens with zero attached hydrogens (tertiary/aromatic N) is 2. The number of carbonyl (C=O) groups is 2. The van der Waals surface area contributed by atoms with Gasteiger partial charge in [-0.3, -0.25) is 14.6 Å². The minimum atomic E-state index is -0.251. The van der Waals surface area contributed by atoms with Crippen molar-refractivity contribution in [1.82, 2.24) is 20.4 Å². The van der Waals surface area contributed by atoms with E-state index in [2.05, 4.69) is 29.4 Å². The van der Waals surface area contributed by atoms with Crippen molar-refractivity contribution in [3.8, 4) is 0 Å². The molecule has 6 nitrogen and oxygen atoms in total. The second-order valence-electron chi connectivity index (χ2n) is 6.16. The van der Waals surface area contributed by atoms with Crippen LogP contribution in [0.5, 0.6) is 0 Å². The van der Waals surface area contributed by atoms with Crippen LogP contribution in [0.15, 0.2) is 0 Å². The van der Waals surface area contributed by atoms with Gasteiger partial charge in [0.05, 0.1) is 6.54 Å². The molecule has 0 saturated carbocycles. The first kappa shape index (κ1) is 15.3. The maximum Gasteiger partial charge on any atom is 0.324 e. The van der Waals surface area contributed by atoms with Crippen molar-refractivity contribution in [3.63, 3.8) is 0 Å². The van der Waals surface area contributed by atoms with E-state index in [9.17, 15) is 9.59 Å². The van der Waals surface area contributed by atoms with Crippen LogP contribution in [-0.2, 0) is 4.79 Å². The van der Waals surface area contributed by atoms with Gasteiger partial charge in [-0.25, -0.2) is 4.79 Å². The van der Waals surface area contributed by atoms with Gasteiger partial charge in [0.1, 0.15) is 0 Å². The van der Waals surface area contributed by atoms with Crippen molar-refractivity contribution in [1.29, 1.82) is 0 Å². The van der Waals surface area contributed by atoms with E-state index in [1.807, 2.05) is 0 Å². The first-order chi connectivity index (χ1) is 9.56. The highest BCUT2D eigenvalue weighted by Gasteiger charge is 2.28. The summed E-state index contributed by atoms with van der Waals surface area (Å²) in [6.45, 7) is 8.56. The molecule has 0 bridgehead atoms. The molecule has 2 aliphatic heterocycles. The van der Waals surface area contributed by atoms with Crippen molar-refractivity contribution >= 4 is 11.9 Å². The molecule has 0 aliphatic carbocycles. The molecule has 0 aromatic heterocycles. The summed E-state index contributed by atoms with van der Waals surface area (Å²) in [6, 6.07) is 0.229. The van der Waals surface area contributed by atoms with Gasteiger partial charge in [0, 0.05) is 32.2 Å². The highest BCUT2D eigenvalue weighted by Crippen LogP contribution is 2.09. The molecule has 20 heavy (non-hydrogen) atoms. The lowest BCUT2D eigenvalue weighted by atomic mass is 10.1. The minimum Gasteiger partial charge on any atom is -0.336 e. The van der Waals surface area contributed by atoms with Gasteiger partial charge in [-0.05, 0) is 25.3 Å². The van der Waals surface area contributed by atoms with Crippen LogP contribution in [0.4, 0.5) is 4.79 Å². The molecule has 2 aliphatic rings. The van der Waals surface area contributed by atoms with E-state index in [1.165, 1.54) is 17.7 Å². The van der Waals surface area contributed by atoms with E-state index in [-0.39, 0.29) is 11.9 Å². The predicted molar refractivity (Wildman–Crippen MR) is 77.4 cm³/mol. The average molecular weight is 282 g/mol. The number of hydrogen-bond donors (Lipinski definition) is 2. The molecule has 1 unspecified atom stereocenters. The van der Waals surface area contributed by atoms with Crippen LogP contribution >= 0.6 is 0 Å². The summed E-state index contributed by atoms with van der Waals surface area (Å²) in [4.78, 5) is 27.3. The van der Waals surface area contributed by atoms with E-state index in [0.29, 0.717) is 31.6 Å². The molecule has 2 saturated heterocycles. The lowest BCUT2D eigenvalue weighted by Gasteiger charge is -2.27. The number of imide groups is 1. The monoisotopic (exact) mass is 282 g/mol. The van der Waals surface area contributed by atoms with Crippen LogP contribution in [0, 0.1) is 5.92 Å². The highest BCUT2D eigenvalue weighted by molar-refractivity contribution is 5.96. The lowest BCUT2D eigenvalue weighted by molar-refractivity contribution is -0.128. The highest BCUT2D eigenvalue weighted by atomic mass is 16.2. The Morgan fingerprint density at radius 1 is 1.45 bits per heavy atom. The predicted octanol–water partition coefficient (Wildman–Crippen LogP) is 0.248. The van der Waals surface area contributed by atoms with Crippen molar-refractivity contribution in [2.75, 3.05) is 39.3 Å². The molecule has 6 heteroatoms. The molecule has 3 amide bonds. The second kappa shape index (κ2) is 7.04. The topological polar surface area (TPSA) is 64.7 Å². The fourth-order valence-electron chi connectivity index (χ4n) is 2.93. The molecule has 114 valence electrons. The second-order valence-corrected chi connectivity index (χ2v) is 6.16. The molecular weight excluding hydrogens is 256 g/mol. The van der Waals surface area contributed by atoms with E-state index < -0.39 is 0 Å². The summed E-state index contributed by atoms with van der Waals surface area (Å²) < 4.78 is 0. The third kappa shape index (κ3) is 4.18. The standard InChI is InChI=1S/C14H26N4O2/c1-11(2)8-17(9-12-4-3-5-15-12)10-13(19)18-7-6-16-14(18)20/h11-12,15H,3-10H2,1-2H3,(H,16,20). The number of hydrogen-bond acceptors (Lipinski definition) is 4. The minimum absolute atomic E-state index is 0.0846. The molecule has 2 rings (SSSR count). The molecule has 1 atom stereocenters. The Morgan fingerprint density at radius 3 is 2.80 bits per heavy atom. The van der Waals surface area contributed by atoms with Crippen molar-refractivity contribution in [3.05, 3.63) is 0 Å². The van der Waals surface area contributed by atoms with Crippen molar-refractivity contribution in [2.45, 2.75) is 32.7 Å². The largest absolute Gasteiger partial charge is 0.336 e. The Morgan fingerprint density at radius 2 is 2.25 bits per heavy atom. The number of carbonyl (C=O) groups excluding carboxylic acids is 2. The smallest absolute Gasteiger partial charge is 0.324 e. The lowest BCUT2D eigenvalue weighted by Crippen LogP contribution is -2.46. The summed E-state index contributed by atoms with van der Waals surface area (Å²) in [5, 5.41) is 6.14. The van der Waals surface area contributed by atoms with E-state index in [1.54, 1.807) is 0 Å². The van der Waals surface area contributed by atoms with Gasteiger partial charge in [-0.15, -0.1) is 0 Å². The number of rotatable bonds is 6. The quantitative estimate of drug-likeness (QED) is 0.733. The molecule has 0 aromatic rings. The summed E-state index contributed by atoms with van der Waals surface area (Å²) in [7, 11) is 0. The summed E-state index contributed by atoms with van der Waals surface area (Å²) in [5.41, 5.74) is 0. The van der Waals surface area contributed by atoms with E-state index in [0.717, 1.165) is 19.6 Å². The summed E-state index contributed by atoms with van der Waals surface area (Å²) >= 11 is 0. The van der Waals surface area contributed by atoms with Crippen molar-refractivity contribution < 1.29 is 9.59 Å². The van der Waals surface area contributed by atoms with Gasteiger partial charge in [0.15, 0.2) is 0 Å². The number of amides is 3. The summed E-state index contributed by atoms with van der Waals surface area (Å²) in [6.07, 6.45) is 2.38. The fourth-order valence-corrected chi connectivity index (χ4v) is 2.93. The molecule has 2 heterocycles.